The molecule has 0 bridgehead atoms. The maximum Gasteiger partial charge on any atom is 0.0436 e. The topological polar surface area (TPSA) is 9.23 Å². The van der Waals surface area contributed by atoms with Crippen molar-refractivity contribution in [2.45, 2.75) is 32.0 Å². The zero-order chi connectivity index (χ0) is 7.11. The second-order valence-corrected chi connectivity index (χ2v) is 6.41. The van der Waals surface area contributed by atoms with Crippen molar-refractivity contribution >= 4 is 8.80 Å². The first kappa shape index (κ1) is 9.18. The predicted octanol–water partition coefficient (Wildman–Crippen LogP) is 1.90. The van der Waals surface area contributed by atoms with Crippen LogP contribution in [-0.4, -0.2) is 22.5 Å². The molecule has 0 radical (unpaired) electrons. The molecule has 0 atom stereocenters. The summed E-state index contributed by atoms with van der Waals surface area (Å²) in [5.41, 5.74) is 0. The van der Waals surface area contributed by atoms with Crippen molar-refractivity contribution in [3.8, 4) is 0 Å². The van der Waals surface area contributed by atoms with Gasteiger partial charge in [-0.15, -0.1) is 0 Å². The molecule has 0 N–H and O–H groups in total. The largest absolute Gasteiger partial charge is 0.385 e. The van der Waals surface area contributed by atoms with E-state index in [1.807, 2.05) is 0 Å². The minimum atomic E-state index is -0.335. The molecule has 0 fully saturated rings. The highest BCUT2D eigenvalue weighted by Crippen LogP contribution is 2.03. The van der Waals surface area contributed by atoms with E-state index < -0.39 is 0 Å². The van der Waals surface area contributed by atoms with Gasteiger partial charge >= 0.3 is 0 Å². The molecule has 0 saturated heterocycles. The third kappa shape index (κ3) is 4.67. The highest BCUT2D eigenvalue weighted by Gasteiger charge is 2.02. The molecule has 0 rings (SSSR count). The summed E-state index contributed by atoms with van der Waals surface area (Å²) in [5.74, 6) is 0. The molecule has 0 heterocycles. The van der Waals surface area contributed by atoms with Crippen molar-refractivity contribution in [3.63, 3.8) is 0 Å². The number of hydrogen-bond donors (Lipinski definition) is 0. The van der Waals surface area contributed by atoms with Crippen LogP contribution in [0, 0.1) is 0 Å². The lowest BCUT2D eigenvalue weighted by Crippen LogP contribution is -2.11. The van der Waals surface area contributed by atoms with Crippen LogP contribution in [0.4, 0.5) is 0 Å². The maximum atomic E-state index is 5.01. The average molecular weight is 146 g/mol. The van der Waals surface area contributed by atoms with Crippen molar-refractivity contribution < 1.29 is 4.74 Å². The van der Waals surface area contributed by atoms with E-state index >= 15 is 0 Å². The predicted molar refractivity (Wildman–Crippen MR) is 44.8 cm³/mol. The van der Waals surface area contributed by atoms with Gasteiger partial charge in [0.2, 0.25) is 0 Å². The molecule has 0 unspecified atom stereocenters. The van der Waals surface area contributed by atoms with Crippen molar-refractivity contribution in [3.05, 3.63) is 0 Å². The monoisotopic (exact) mass is 146 g/mol. The van der Waals surface area contributed by atoms with Gasteiger partial charge < -0.3 is 4.74 Å². The molecule has 0 aliphatic heterocycles. The van der Waals surface area contributed by atoms with E-state index in [9.17, 15) is 0 Å². The number of rotatable bonds is 5. The smallest absolute Gasteiger partial charge is 0.0436 e. The van der Waals surface area contributed by atoms with Gasteiger partial charge in [-0.1, -0.05) is 25.9 Å². The standard InChI is InChI=1S/C7H18OSi/c1-4-9(5-2)7-6-8-3/h9H,4-7H2,1-3H3. The van der Waals surface area contributed by atoms with Crippen molar-refractivity contribution in [1.29, 1.82) is 0 Å². The van der Waals surface area contributed by atoms with E-state index in [1.165, 1.54) is 18.1 Å². The molecule has 0 aromatic rings. The lowest BCUT2D eigenvalue weighted by atomic mass is 10.8. The molecule has 0 saturated carbocycles. The molecule has 0 aliphatic rings. The Balaban J connectivity index is 3.09. The minimum absolute atomic E-state index is 0.335. The molecular formula is C7H18OSi. The van der Waals surface area contributed by atoms with Crippen LogP contribution in [-0.2, 0) is 4.74 Å². The van der Waals surface area contributed by atoms with Crippen LogP contribution in [0.3, 0.4) is 0 Å². The Morgan fingerprint density at radius 1 is 1.22 bits per heavy atom. The summed E-state index contributed by atoms with van der Waals surface area (Å²) in [6.07, 6.45) is 0. The van der Waals surface area contributed by atoms with E-state index in [0.717, 1.165) is 6.61 Å². The second kappa shape index (κ2) is 6.30. The fraction of sp³-hybridized carbons (Fsp3) is 1.00. The van der Waals surface area contributed by atoms with Crippen LogP contribution in [0.5, 0.6) is 0 Å². The van der Waals surface area contributed by atoms with Gasteiger partial charge in [-0.25, -0.2) is 0 Å². The summed E-state index contributed by atoms with van der Waals surface area (Å²) in [6, 6.07) is 4.23. The minimum Gasteiger partial charge on any atom is -0.385 e. The molecule has 0 aromatic heterocycles. The molecule has 1 nitrogen and oxygen atoms in total. The van der Waals surface area contributed by atoms with Crippen LogP contribution in [0.1, 0.15) is 13.8 Å². The summed E-state index contributed by atoms with van der Waals surface area (Å²) in [6.45, 7) is 5.59. The lowest BCUT2D eigenvalue weighted by molar-refractivity contribution is 0.215. The van der Waals surface area contributed by atoms with E-state index in [4.69, 9.17) is 4.74 Å². The zero-order valence-corrected chi connectivity index (χ0v) is 7.97. The van der Waals surface area contributed by atoms with Crippen LogP contribution in [0.15, 0.2) is 0 Å². The molecule has 56 valence electrons. The Hall–Kier alpha value is 0.177. The molecule has 0 aromatic carbocycles. The third-order valence-corrected chi connectivity index (χ3v) is 5.25. The molecule has 0 spiro atoms. The van der Waals surface area contributed by atoms with Gasteiger partial charge in [0.1, 0.15) is 0 Å². The van der Waals surface area contributed by atoms with Gasteiger partial charge in [0, 0.05) is 22.5 Å². The third-order valence-electron chi connectivity index (χ3n) is 1.88. The van der Waals surface area contributed by atoms with E-state index in [-0.39, 0.29) is 8.80 Å². The highest BCUT2D eigenvalue weighted by atomic mass is 28.3. The maximum absolute atomic E-state index is 5.01. The quantitative estimate of drug-likeness (QED) is 0.538. The fourth-order valence-corrected chi connectivity index (χ4v) is 2.94. The van der Waals surface area contributed by atoms with E-state index in [1.54, 1.807) is 7.11 Å². The van der Waals surface area contributed by atoms with Crippen molar-refractivity contribution in [2.75, 3.05) is 13.7 Å². The van der Waals surface area contributed by atoms with E-state index in [0.29, 0.717) is 0 Å². The van der Waals surface area contributed by atoms with Crippen molar-refractivity contribution in [2.24, 2.45) is 0 Å². The first-order valence-electron chi connectivity index (χ1n) is 3.84. The molecule has 0 aliphatic carbocycles. The van der Waals surface area contributed by atoms with Gasteiger partial charge in [-0.05, 0) is 6.04 Å². The van der Waals surface area contributed by atoms with Gasteiger partial charge in [0.25, 0.3) is 0 Å². The van der Waals surface area contributed by atoms with Crippen molar-refractivity contribution in [1.82, 2.24) is 0 Å². The first-order valence-corrected chi connectivity index (χ1v) is 6.29. The number of hydrogen-bond acceptors (Lipinski definition) is 1. The SMILES string of the molecule is CC[SiH](CC)CCOC. The normalized spacial score (nSPS) is 10.7. The van der Waals surface area contributed by atoms with Crippen LogP contribution < -0.4 is 0 Å². The molecule has 2 heteroatoms. The first-order chi connectivity index (χ1) is 4.35. The van der Waals surface area contributed by atoms with Gasteiger partial charge in [-0.2, -0.15) is 0 Å². The Kier molecular flexibility index (Phi) is 6.42. The van der Waals surface area contributed by atoms with E-state index in [2.05, 4.69) is 13.8 Å². The Morgan fingerprint density at radius 3 is 2.11 bits per heavy atom. The molecular weight excluding hydrogens is 128 g/mol. The Bertz CT molecular complexity index is 52.9. The van der Waals surface area contributed by atoms with Crippen LogP contribution >= 0.6 is 0 Å². The van der Waals surface area contributed by atoms with Crippen LogP contribution in [0.25, 0.3) is 0 Å². The summed E-state index contributed by atoms with van der Waals surface area (Å²) in [5, 5.41) is 0. The summed E-state index contributed by atoms with van der Waals surface area (Å²) >= 11 is 0. The second-order valence-electron chi connectivity index (χ2n) is 2.46. The zero-order valence-electron chi connectivity index (χ0n) is 6.81. The number of ether oxygens (including phenoxy) is 1. The Labute approximate surface area is 60.0 Å². The summed E-state index contributed by atoms with van der Waals surface area (Å²) < 4.78 is 5.01. The fourth-order valence-electron chi connectivity index (χ4n) is 0.981. The summed E-state index contributed by atoms with van der Waals surface area (Å²) in [4.78, 5) is 0. The van der Waals surface area contributed by atoms with Gasteiger partial charge in [-0.3, -0.25) is 0 Å². The van der Waals surface area contributed by atoms with Gasteiger partial charge in [0.05, 0.1) is 0 Å². The molecule has 9 heavy (non-hydrogen) atoms. The lowest BCUT2D eigenvalue weighted by Gasteiger charge is -2.07. The summed E-state index contributed by atoms with van der Waals surface area (Å²) in [7, 11) is 1.45. The molecule has 0 amide bonds. The van der Waals surface area contributed by atoms with Crippen LogP contribution in [0.2, 0.25) is 18.1 Å². The highest BCUT2D eigenvalue weighted by molar-refractivity contribution is 6.58. The Morgan fingerprint density at radius 2 is 1.78 bits per heavy atom. The average Bonchev–Trinajstić information content (AvgIpc) is 1.91. The number of methoxy groups -OCH3 is 1. The van der Waals surface area contributed by atoms with Gasteiger partial charge in [0.15, 0.2) is 0 Å².